The second-order valence-corrected chi connectivity index (χ2v) is 3.46. The van der Waals surface area contributed by atoms with Crippen LogP contribution in [0, 0.1) is 0 Å². The Bertz CT molecular complexity index is 257. The number of hydrogen-bond acceptors (Lipinski definition) is 3. The molecular weight excluding hydrogens is 166 g/mol. The maximum Gasteiger partial charge on any atom is 0.108 e. The smallest absolute Gasteiger partial charge is 0.108 e. The number of aliphatic hydroxyl groups is 1. The van der Waals surface area contributed by atoms with Gasteiger partial charge in [0.25, 0.3) is 0 Å². The van der Waals surface area contributed by atoms with Crippen LogP contribution in [0.3, 0.4) is 0 Å². The van der Waals surface area contributed by atoms with Gasteiger partial charge in [0.05, 0.1) is 5.69 Å². The Balaban J connectivity index is 2.49. The fourth-order valence-corrected chi connectivity index (χ4v) is 1.16. The molecule has 0 bridgehead atoms. The Morgan fingerprint density at radius 1 is 1.62 bits per heavy atom. The Morgan fingerprint density at radius 2 is 2.31 bits per heavy atom. The second kappa shape index (κ2) is 4.39. The monoisotopic (exact) mass is 183 g/mol. The Morgan fingerprint density at radius 3 is 2.77 bits per heavy atom. The minimum atomic E-state index is -0.477. The summed E-state index contributed by atoms with van der Waals surface area (Å²) in [5, 5.41) is 16.9. The molecule has 13 heavy (non-hydrogen) atoms. The normalized spacial score (nSPS) is 13.6. The van der Waals surface area contributed by atoms with E-state index in [2.05, 4.69) is 24.3 Å². The summed E-state index contributed by atoms with van der Waals surface area (Å²) in [6.07, 6.45) is 1.21. The van der Waals surface area contributed by atoms with Crippen molar-refractivity contribution in [2.75, 3.05) is 6.54 Å². The van der Waals surface area contributed by atoms with Crippen LogP contribution in [0.25, 0.3) is 0 Å². The molecule has 4 nitrogen and oxygen atoms in total. The van der Waals surface area contributed by atoms with Gasteiger partial charge in [-0.15, -0.1) is 0 Å². The number of rotatable bonds is 4. The lowest BCUT2D eigenvalue weighted by Gasteiger charge is -2.13. The first-order chi connectivity index (χ1) is 6.11. The van der Waals surface area contributed by atoms with Crippen LogP contribution in [0.5, 0.6) is 0 Å². The van der Waals surface area contributed by atoms with E-state index >= 15 is 0 Å². The lowest BCUT2D eigenvalue weighted by molar-refractivity contribution is 0.162. The molecule has 1 heterocycles. The highest BCUT2D eigenvalue weighted by Gasteiger charge is 2.10. The first kappa shape index (κ1) is 10.2. The summed E-state index contributed by atoms with van der Waals surface area (Å²) in [5.41, 5.74) is 0.841. The molecule has 0 radical (unpaired) electrons. The van der Waals surface area contributed by atoms with E-state index in [-0.39, 0.29) is 0 Å². The molecule has 1 aromatic rings. The van der Waals surface area contributed by atoms with Crippen LogP contribution in [0.15, 0.2) is 12.3 Å². The molecule has 0 amide bonds. The Kier molecular flexibility index (Phi) is 3.45. The average molecular weight is 183 g/mol. The highest BCUT2D eigenvalue weighted by atomic mass is 16.3. The lowest BCUT2D eigenvalue weighted by atomic mass is 10.2. The zero-order valence-electron chi connectivity index (χ0n) is 8.36. The van der Waals surface area contributed by atoms with Crippen LogP contribution in [-0.2, 0) is 7.05 Å². The zero-order valence-corrected chi connectivity index (χ0v) is 8.36. The van der Waals surface area contributed by atoms with Crippen LogP contribution in [0.4, 0.5) is 0 Å². The number of hydrogen-bond donors (Lipinski definition) is 2. The maximum atomic E-state index is 9.72. The molecular formula is C9H17N3O. The van der Waals surface area contributed by atoms with Crippen molar-refractivity contribution in [3.05, 3.63) is 18.0 Å². The van der Waals surface area contributed by atoms with Gasteiger partial charge in [0, 0.05) is 25.8 Å². The van der Waals surface area contributed by atoms with Crippen LogP contribution in [0.1, 0.15) is 25.6 Å². The number of aromatic nitrogens is 2. The van der Waals surface area contributed by atoms with Crippen LogP contribution >= 0.6 is 0 Å². The minimum absolute atomic E-state index is 0.392. The van der Waals surface area contributed by atoms with Gasteiger partial charge in [0.15, 0.2) is 0 Å². The van der Waals surface area contributed by atoms with Gasteiger partial charge in [-0.05, 0) is 6.07 Å². The van der Waals surface area contributed by atoms with E-state index in [4.69, 9.17) is 0 Å². The fraction of sp³-hybridized carbons (Fsp3) is 0.667. The van der Waals surface area contributed by atoms with Crippen molar-refractivity contribution in [2.45, 2.75) is 26.0 Å². The predicted octanol–water partition coefficient (Wildman–Crippen LogP) is 0.451. The van der Waals surface area contributed by atoms with E-state index in [1.54, 1.807) is 10.9 Å². The van der Waals surface area contributed by atoms with Crippen LogP contribution in [0.2, 0.25) is 0 Å². The first-order valence-corrected chi connectivity index (χ1v) is 4.50. The molecule has 1 aromatic heterocycles. The molecule has 0 aliphatic carbocycles. The van der Waals surface area contributed by atoms with Crippen molar-refractivity contribution in [3.8, 4) is 0 Å². The molecule has 0 spiro atoms. The Labute approximate surface area is 78.6 Å². The van der Waals surface area contributed by atoms with Gasteiger partial charge in [-0.2, -0.15) is 5.10 Å². The maximum absolute atomic E-state index is 9.72. The van der Waals surface area contributed by atoms with E-state index < -0.39 is 6.10 Å². The van der Waals surface area contributed by atoms with E-state index in [9.17, 15) is 5.11 Å². The number of nitrogens with zero attached hydrogens (tertiary/aromatic N) is 2. The van der Waals surface area contributed by atoms with Gasteiger partial charge < -0.3 is 10.4 Å². The number of aryl methyl sites for hydroxylation is 1. The summed E-state index contributed by atoms with van der Waals surface area (Å²) in [7, 11) is 1.83. The van der Waals surface area contributed by atoms with Gasteiger partial charge in [0.1, 0.15) is 6.10 Å². The van der Waals surface area contributed by atoms with Gasteiger partial charge in [-0.25, -0.2) is 0 Å². The molecule has 1 rings (SSSR count). The topological polar surface area (TPSA) is 50.1 Å². The molecule has 0 saturated carbocycles. The number of aliphatic hydroxyl groups excluding tert-OH is 1. The molecule has 4 heteroatoms. The minimum Gasteiger partial charge on any atom is -0.385 e. The van der Waals surface area contributed by atoms with Crippen molar-refractivity contribution in [1.29, 1.82) is 0 Å². The zero-order chi connectivity index (χ0) is 9.84. The van der Waals surface area contributed by atoms with E-state index in [1.165, 1.54) is 0 Å². The highest BCUT2D eigenvalue weighted by Crippen LogP contribution is 2.09. The lowest BCUT2D eigenvalue weighted by Crippen LogP contribution is -2.28. The van der Waals surface area contributed by atoms with Crippen LogP contribution < -0.4 is 5.32 Å². The molecule has 0 aromatic carbocycles. The molecule has 1 unspecified atom stereocenters. The van der Waals surface area contributed by atoms with Crippen molar-refractivity contribution in [1.82, 2.24) is 15.1 Å². The third kappa shape index (κ3) is 2.82. The molecule has 2 N–H and O–H groups in total. The summed E-state index contributed by atoms with van der Waals surface area (Å²) in [6.45, 7) is 4.67. The molecule has 0 saturated heterocycles. The van der Waals surface area contributed by atoms with Crippen molar-refractivity contribution in [2.24, 2.45) is 7.05 Å². The summed E-state index contributed by atoms with van der Waals surface area (Å²) < 4.78 is 1.69. The van der Waals surface area contributed by atoms with Crippen molar-refractivity contribution in [3.63, 3.8) is 0 Å². The van der Waals surface area contributed by atoms with E-state index in [0.29, 0.717) is 12.6 Å². The summed E-state index contributed by atoms with van der Waals surface area (Å²) in [6, 6.07) is 2.22. The van der Waals surface area contributed by atoms with Crippen LogP contribution in [-0.4, -0.2) is 27.5 Å². The molecule has 0 fully saturated rings. The summed E-state index contributed by atoms with van der Waals surface area (Å²) in [4.78, 5) is 0. The SMILES string of the molecule is CC(C)NCC(O)c1ccnn1C. The predicted molar refractivity (Wildman–Crippen MR) is 51.3 cm³/mol. The molecule has 74 valence electrons. The second-order valence-electron chi connectivity index (χ2n) is 3.46. The Hall–Kier alpha value is -0.870. The quantitative estimate of drug-likeness (QED) is 0.712. The first-order valence-electron chi connectivity index (χ1n) is 4.50. The third-order valence-corrected chi connectivity index (χ3v) is 1.92. The fourth-order valence-electron chi connectivity index (χ4n) is 1.16. The largest absolute Gasteiger partial charge is 0.385 e. The average Bonchev–Trinajstić information content (AvgIpc) is 2.47. The van der Waals surface area contributed by atoms with Crippen molar-refractivity contribution < 1.29 is 5.11 Å². The number of nitrogens with one attached hydrogen (secondary N) is 1. The molecule has 0 aliphatic rings. The highest BCUT2D eigenvalue weighted by molar-refractivity contribution is 5.04. The molecule has 0 aliphatic heterocycles. The van der Waals surface area contributed by atoms with Crippen molar-refractivity contribution >= 4 is 0 Å². The van der Waals surface area contributed by atoms with E-state index in [1.807, 2.05) is 13.1 Å². The van der Waals surface area contributed by atoms with Gasteiger partial charge in [-0.1, -0.05) is 13.8 Å². The third-order valence-electron chi connectivity index (χ3n) is 1.92. The van der Waals surface area contributed by atoms with Gasteiger partial charge in [0.2, 0.25) is 0 Å². The van der Waals surface area contributed by atoms with Gasteiger partial charge in [-0.3, -0.25) is 4.68 Å². The molecule has 1 atom stereocenters. The van der Waals surface area contributed by atoms with E-state index in [0.717, 1.165) is 5.69 Å². The summed E-state index contributed by atoms with van der Waals surface area (Å²) >= 11 is 0. The standard InChI is InChI=1S/C9H17N3O/c1-7(2)10-6-9(13)8-4-5-11-12(8)3/h4-5,7,9-10,13H,6H2,1-3H3. The van der Waals surface area contributed by atoms with Gasteiger partial charge >= 0.3 is 0 Å². The summed E-state index contributed by atoms with van der Waals surface area (Å²) in [5.74, 6) is 0.